The van der Waals surface area contributed by atoms with E-state index in [1.165, 1.54) is 37.0 Å². The van der Waals surface area contributed by atoms with E-state index in [0.717, 1.165) is 38.8 Å². The largest absolute Gasteiger partial charge is 0.342 e. The van der Waals surface area contributed by atoms with Gasteiger partial charge in [0.2, 0.25) is 5.91 Å². The number of carbonyl (C=O) groups excluding carboxylic acids is 1. The van der Waals surface area contributed by atoms with Crippen LogP contribution in [0.5, 0.6) is 0 Å². The van der Waals surface area contributed by atoms with E-state index in [1.54, 1.807) is 0 Å². The molecule has 1 heterocycles. The minimum Gasteiger partial charge on any atom is -0.342 e. The molecule has 3 unspecified atom stereocenters. The maximum absolute atomic E-state index is 13.0. The third-order valence-corrected chi connectivity index (χ3v) is 6.80. The zero-order valence-corrected chi connectivity index (χ0v) is 14.9. The second-order valence-corrected chi connectivity index (χ2v) is 8.47. The minimum atomic E-state index is -0.187. The summed E-state index contributed by atoms with van der Waals surface area (Å²) in [5.74, 6) is 1.98. The van der Waals surface area contributed by atoms with Crippen LogP contribution in [0.1, 0.15) is 44.1 Å². The van der Waals surface area contributed by atoms with E-state index in [2.05, 4.69) is 4.90 Å². The molecule has 3 atom stereocenters. The molecule has 0 radical (unpaired) electrons. The highest BCUT2D eigenvalue weighted by atomic mass is 19.1. The van der Waals surface area contributed by atoms with Gasteiger partial charge in [0, 0.05) is 25.0 Å². The van der Waals surface area contributed by atoms with Crippen molar-refractivity contribution < 1.29 is 9.18 Å². The van der Waals surface area contributed by atoms with Crippen molar-refractivity contribution in [1.82, 2.24) is 4.90 Å². The molecule has 0 aromatic heterocycles. The van der Waals surface area contributed by atoms with Gasteiger partial charge in [0.05, 0.1) is 0 Å². The number of hydrogen-bond donors (Lipinski definition) is 1. The third-order valence-electron chi connectivity index (χ3n) is 6.80. The smallest absolute Gasteiger partial charge is 0.225 e. The summed E-state index contributed by atoms with van der Waals surface area (Å²) in [6, 6.07) is 7.10. The fraction of sp³-hybridized carbons (Fsp3) is 0.667. The Balaban J connectivity index is 1.33. The topological polar surface area (TPSA) is 46.3 Å². The Labute approximate surface area is 149 Å². The Kier molecular flexibility index (Phi) is 4.81. The molecule has 1 aromatic rings. The van der Waals surface area contributed by atoms with Gasteiger partial charge in [-0.1, -0.05) is 18.6 Å². The lowest BCUT2D eigenvalue weighted by Gasteiger charge is -2.44. The molecule has 3 aliphatic rings. The highest BCUT2D eigenvalue weighted by molar-refractivity contribution is 5.79. The maximum Gasteiger partial charge on any atom is 0.225 e. The van der Waals surface area contributed by atoms with Crippen LogP contribution in [0, 0.1) is 29.5 Å². The molecule has 1 aromatic carbocycles. The molecule has 3 nitrogen and oxygen atoms in total. The van der Waals surface area contributed by atoms with Gasteiger partial charge in [0.15, 0.2) is 0 Å². The fourth-order valence-electron chi connectivity index (χ4n) is 5.40. The summed E-state index contributed by atoms with van der Waals surface area (Å²) in [6.07, 6.45) is 7.68. The van der Waals surface area contributed by atoms with Crippen LogP contribution in [0.2, 0.25) is 0 Å². The van der Waals surface area contributed by atoms with Crippen LogP contribution in [0.3, 0.4) is 0 Å². The zero-order chi connectivity index (χ0) is 17.4. The van der Waals surface area contributed by atoms with Crippen molar-refractivity contribution in [3.05, 3.63) is 35.6 Å². The van der Waals surface area contributed by atoms with Crippen molar-refractivity contribution in [2.75, 3.05) is 13.1 Å². The highest BCUT2D eigenvalue weighted by Crippen LogP contribution is 2.42. The summed E-state index contributed by atoms with van der Waals surface area (Å²) >= 11 is 0. The van der Waals surface area contributed by atoms with Gasteiger partial charge in [-0.15, -0.1) is 0 Å². The van der Waals surface area contributed by atoms with E-state index >= 15 is 0 Å². The van der Waals surface area contributed by atoms with E-state index in [9.17, 15) is 9.18 Å². The van der Waals surface area contributed by atoms with Crippen molar-refractivity contribution in [3.63, 3.8) is 0 Å². The second kappa shape index (κ2) is 7.06. The lowest BCUT2D eigenvalue weighted by atomic mass is 9.65. The van der Waals surface area contributed by atoms with Crippen molar-refractivity contribution >= 4 is 5.91 Å². The van der Waals surface area contributed by atoms with E-state index in [1.807, 2.05) is 12.1 Å². The molecule has 2 bridgehead atoms. The molecule has 25 heavy (non-hydrogen) atoms. The summed E-state index contributed by atoms with van der Waals surface area (Å²) in [5, 5.41) is 0. The number of nitrogens with two attached hydrogens (primary N) is 1. The number of benzene rings is 1. The predicted octanol–water partition coefficient (Wildman–Crippen LogP) is 3.37. The standard InChI is InChI=1S/C21H29FN2O/c22-19-6-4-14(5-7-19)10-15-8-9-24(13-15)21(25)18-11-16-2-1-3-17(12-18)20(16)23/h4-7,15-18,20H,1-3,8-13,23H2. The zero-order valence-electron chi connectivity index (χ0n) is 14.9. The van der Waals surface area contributed by atoms with Gasteiger partial charge < -0.3 is 10.6 Å². The fourth-order valence-corrected chi connectivity index (χ4v) is 5.40. The first-order valence-corrected chi connectivity index (χ1v) is 9.89. The summed E-state index contributed by atoms with van der Waals surface area (Å²) in [7, 11) is 0. The Morgan fingerprint density at radius 3 is 2.48 bits per heavy atom. The molecule has 3 fully saturated rings. The molecule has 1 saturated heterocycles. The summed E-state index contributed by atoms with van der Waals surface area (Å²) < 4.78 is 13.0. The number of nitrogens with zero attached hydrogens (tertiary/aromatic N) is 1. The highest BCUT2D eigenvalue weighted by Gasteiger charge is 2.42. The van der Waals surface area contributed by atoms with Crippen LogP contribution >= 0.6 is 0 Å². The Bertz CT molecular complexity index is 603. The van der Waals surface area contributed by atoms with Crippen LogP contribution in [0.15, 0.2) is 24.3 Å². The monoisotopic (exact) mass is 344 g/mol. The van der Waals surface area contributed by atoms with Gasteiger partial charge >= 0.3 is 0 Å². The molecule has 1 amide bonds. The molecular weight excluding hydrogens is 315 g/mol. The molecule has 2 saturated carbocycles. The Hall–Kier alpha value is -1.42. The first kappa shape index (κ1) is 17.0. The molecule has 0 spiro atoms. The molecule has 4 heteroatoms. The second-order valence-electron chi connectivity index (χ2n) is 8.47. The quantitative estimate of drug-likeness (QED) is 0.914. The SMILES string of the molecule is NC1C2CCCC1CC(C(=O)N1CCC(Cc3ccc(F)cc3)C1)C2. The third kappa shape index (κ3) is 3.59. The van der Waals surface area contributed by atoms with Gasteiger partial charge in [-0.05, 0) is 74.0 Å². The molecule has 2 N–H and O–H groups in total. The lowest BCUT2D eigenvalue weighted by Crippen LogP contribution is -2.49. The molecular formula is C21H29FN2O. The van der Waals surface area contributed by atoms with Crippen LogP contribution in [0.4, 0.5) is 4.39 Å². The van der Waals surface area contributed by atoms with E-state index in [4.69, 9.17) is 5.73 Å². The van der Waals surface area contributed by atoms with Gasteiger partial charge in [-0.3, -0.25) is 4.79 Å². The summed E-state index contributed by atoms with van der Waals surface area (Å²) in [6.45, 7) is 1.73. The number of likely N-dealkylation sites (tertiary alicyclic amines) is 1. The number of hydrogen-bond acceptors (Lipinski definition) is 2. The number of rotatable bonds is 3. The van der Waals surface area contributed by atoms with Gasteiger partial charge in [0.1, 0.15) is 5.82 Å². The number of amides is 1. The number of carbonyl (C=O) groups is 1. The maximum atomic E-state index is 13.0. The van der Waals surface area contributed by atoms with Crippen molar-refractivity contribution in [2.24, 2.45) is 29.4 Å². The van der Waals surface area contributed by atoms with Gasteiger partial charge in [0.25, 0.3) is 0 Å². The number of fused-ring (bicyclic) bond motifs is 2. The van der Waals surface area contributed by atoms with Crippen molar-refractivity contribution in [3.8, 4) is 0 Å². The predicted molar refractivity (Wildman–Crippen MR) is 96.3 cm³/mol. The minimum absolute atomic E-state index is 0.187. The average Bonchev–Trinajstić information content (AvgIpc) is 3.04. The van der Waals surface area contributed by atoms with Crippen LogP contribution in [-0.4, -0.2) is 29.9 Å². The molecule has 1 aliphatic heterocycles. The number of halogens is 1. The Morgan fingerprint density at radius 1 is 1.12 bits per heavy atom. The van der Waals surface area contributed by atoms with E-state index < -0.39 is 0 Å². The van der Waals surface area contributed by atoms with Crippen LogP contribution < -0.4 is 5.73 Å². The van der Waals surface area contributed by atoms with Crippen LogP contribution in [-0.2, 0) is 11.2 Å². The molecule has 2 aliphatic carbocycles. The summed E-state index contributed by atoms with van der Waals surface area (Å²) in [4.78, 5) is 15.1. The molecule has 4 rings (SSSR count). The van der Waals surface area contributed by atoms with Gasteiger partial charge in [-0.2, -0.15) is 0 Å². The first-order valence-electron chi connectivity index (χ1n) is 9.89. The van der Waals surface area contributed by atoms with E-state index in [0.29, 0.717) is 29.7 Å². The van der Waals surface area contributed by atoms with Crippen molar-refractivity contribution in [2.45, 2.75) is 51.0 Å². The average molecular weight is 344 g/mol. The molecule has 136 valence electrons. The normalized spacial score (nSPS) is 35.0. The van der Waals surface area contributed by atoms with Crippen molar-refractivity contribution in [1.29, 1.82) is 0 Å². The Morgan fingerprint density at radius 2 is 1.80 bits per heavy atom. The summed E-state index contributed by atoms with van der Waals surface area (Å²) in [5.41, 5.74) is 7.53. The van der Waals surface area contributed by atoms with Gasteiger partial charge in [-0.25, -0.2) is 4.39 Å². The first-order chi connectivity index (χ1) is 12.1. The van der Waals surface area contributed by atoms with E-state index in [-0.39, 0.29) is 11.7 Å². The van der Waals surface area contributed by atoms with Crippen LogP contribution in [0.25, 0.3) is 0 Å². The lowest BCUT2D eigenvalue weighted by molar-refractivity contribution is -0.137.